The lowest BCUT2D eigenvalue weighted by Crippen LogP contribution is -3.15. The third kappa shape index (κ3) is 3.04. The predicted octanol–water partition coefficient (Wildman–Crippen LogP) is 0.393. The molecule has 2 aromatic rings. The molecular weight excluding hydrogens is 330 g/mol. The zero-order valence-corrected chi connectivity index (χ0v) is 14.5. The van der Waals surface area contributed by atoms with Crippen LogP contribution in [0.25, 0.3) is 0 Å². The summed E-state index contributed by atoms with van der Waals surface area (Å²) in [6, 6.07) is 14.3. The number of fused-ring (bicyclic) bond motifs is 1. The molecule has 6 nitrogen and oxygen atoms in total. The smallest absolute Gasteiger partial charge is 0.261 e. The second-order valence-corrected chi connectivity index (χ2v) is 6.81. The van der Waals surface area contributed by atoms with Crippen LogP contribution in [-0.2, 0) is 0 Å². The summed E-state index contributed by atoms with van der Waals surface area (Å²) in [5, 5.41) is 9.40. The highest BCUT2D eigenvalue weighted by Gasteiger charge is 2.35. The Morgan fingerprint density at radius 2 is 1.46 bits per heavy atom. The highest BCUT2D eigenvalue weighted by Crippen LogP contribution is 2.21. The van der Waals surface area contributed by atoms with Gasteiger partial charge in [0.05, 0.1) is 50.4 Å². The molecule has 4 rings (SSSR count). The molecule has 26 heavy (non-hydrogen) atoms. The normalized spacial score (nSPS) is 17.7. The van der Waals surface area contributed by atoms with Crippen LogP contribution < -0.4 is 9.80 Å². The predicted molar refractivity (Wildman–Crippen MR) is 97.7 cm³/mol. The first-order valence-electron chi connectivity index (χ1n) is 8.96. The number of anilines is 1. The number of benzene rings is 2. The minimum Gasteiger partial charge on any atom is -0.508 e. The van der Waals surface area contributed by atoms with Gasteiger partial charge in [0, 0.05) is 5.69 Å². The standard InChI is InChI=1S/C20H21N3O3/c24-16-7-5-15(6-8-16)22-12-9-21(10-13-22)11-14-23-19(25)17-3-1-2-4-18(17)20(23)26/h1-8,24H,9-14H2/p+1. The van der Waals surface area contributed by atoms with E-state index < -0.39 is 0 Å². The molecule has 6 heteroatoms. The van der Waals surface area contributed by atoms with Crippen LogP contribution in [0.5, 0.6) is 5.75 Å². The van der Waals surface area contributed by atoms with Crippen LogP contribution in [0, 0.1) is 0 Å². The first-order chi connectivity index (χ1) is 12.6. The molecule has 2 aliphatic heterocycles. The molecule has 0 aromatic heterocycles. The molecule has 0 bridgehead atoms. The van der Waals surface area contributed by atoms with E-state index in [1.165, 1.54) is 9.80 Å². The number of aromatic hydroxyl groups is 1. The third-order valence-electron chi connectivity index (χ3n) is 5.25. The summed E-state index contributed by atoms with van der Waals surface area (Å²) in [7, 11) is 0. The van der Waals surface area contributed by atoms with E-state index in [1.54, 1.807) is 36.4 Å². The van der Waals surface area contributed by atoms with Gasteiger partial charge in [0.25, 0.3) is 11.8 Å². The summed E-state index contributed by atoms with van der Waals surface area (Å²) in [5.41, 5.74) is 2.15. The van der Waals surface area contributed by atoms with Crippen LogP contribution in [0.2, 0.25) is 0 Å². The van der Waals surface area contributed by atoms with E-state index in [1.807, 2.05) is 12.1 Å². The van der Waals surface area contributed by atoms with Crippen molar-refractivity contribution in [3.05, 3.63) is 59.7 Å². The summed E-state index contributed by atoms with van der Waals surface area (Å²) in [6.45, 7) is 4.99. The molecule has 2 amide bonds. The molecule has 1 fully saturated rings. The third-order valence-corrected chi connectivity index (χ3v) is 5.25. The highest BCUT2D eigenvalue weighted by atomic mass is 16.3. The Labute approximate surface area is 152 Å². The fourth-order valence-electron chi connectivity index (χ4n) is 3.71. The monoisotopic (exact) mass is 352 g/mol. The fourth-order valence-corrected chi connectivity index (χ4v) is 3.71. The number of quaternary nitrogens is 1. The van der Waals surface area contributed by atoms with Gasteiger partial charge < -0.3 is 14.9 Å². The lowest BCUT2D eigenvalue weighted by molar-refractivity contribution is -0.899. The van der Waals surface area contributed by atoms with Gasteiger partial charge in [-0.25, -0.2) is 0 Å². The second-order valence-electron chi connectivity index (χ2n) is 6.81. The first kappa shape index (κ1) is 16.6. The number of carbonyl (C=O) groups excluding carboxylic acids is 2. The number of nitrogens with zero attached hydrogens (tertiary/aromatic N) is 2. The molecule has 0 saturated carbocycles. The number of phenols is 1. The summed E-state index contributed by atoms with van der Waals surface area (Å²) >= 11 is 0. The molecule has 2 aliphatic rings. The van der Waals surface area contributed by atoms with Crippen LogP contribution in [-0.4, -0.2) is 61.1 Å². The van der Waals surface area contributed by atoms with Crippen LogP contribution in [0.15, 0.2) is 48.5 Å². The Morgan fingerprint density at radius 3 is 2.04 bits per heavy atom. The lowest BCUT2D eigenvalue weighted by Gasteiger charge is -2.34. The molecule has 2 heterocycles. The van der Waals surface area contributed by atoms with E-state index in [-0.39, 0.29) is 17.6 Å². The van der Waals surface area contributed by atoms with Crippen molar-refractivity contribution in [1.29, 1.82) is 0 Å². The van der Waals surface area contributed by atoms with Crippen LogP contribution in [0.1, 0.15) is 20.7 Å². The molecular formula is C20H22N3O3+. The van der Waals surface area contributed by atoms with Crippen LogP contribution >= 0.6 is 0 Å². The van der Waals surface area contributed by atoms with Crippen LogP contribution in [0.4, 0.5) is 5.69 Å². The largest absolute Gasteiger partial charge is 0.508 e. The van der Waals surface area contributed by atoms with Crippen LogP contribution in [0.3, 0.4) is 0 Å². The number of piperazine rings is 1. The van der Waals surface area contributed by atoms with Crippen molar-refractivity contribution in [2.24, 2.45) is 0 Å². The maximum absolute atomic E-state index is 12.4. The van der Waals surface area contributed by atoms with Crippen molar-refractivity contribution in [3.8, 4) is 5.75 Å². The number of imide groups is 1. The number of nitrogens with one attached hydrogen (secondary N) is 1. The number of rotatable bonds is 4. The van der Waals surface area contributed by atoms with Gasteiger partial charge >= 0.3 is 0 Å². The minimum atomic E-state index is -0.173. The fraction of sp³-hybridized carbons (Fsp3) is 0.300. The maximum Gasteiger partial charge on any atom is 0.261 e. The molecule has 0 atom stereocenters. The molecule has 0 aliphatic carbocycles. The summed E-state index contributed by atoms with van der Waals surface area (Å²) in [6.07, 6.45) is 0. The van der Waals surface area contributed by atoms with Crippen molar-refractivity contribution in [3.63, 3.8) is 0 Å². The van der Waals surface area contributed by atoms with Crippen molar-refractivity contribution >= 4 is 17.5 Å². The quantitative estimate of drug-likeness (QED) is 0.782. The molecule has 1 saturated heterocycles. The SMILES string of the molecule is O=C1c2ccccc2C(=O)N1CC[NH+]1CCN(c2ccc(O)cc2)CC1. The zero-order chi connectivity index (χ0) is 18.1. The van der Waals surface area contributed by atoms with Gasteiger partial charge in [-0.2, -0.15) is 0 Å². The Balaban J connectivity index is 1.31. The van der Waals surface area contributed by atoms with Crippen molar-refractivity contribution in [2.75, 3.05) is 44.2 Å². The summed E-state index contributed by atoms with van der Waals surface area (Å²) in [4.78, 5) is 29.9. The van der Waals surface area contributed by atoms with Gasteiger partial charge in [-0.1, -0.05) is 12.1 Å². The van der Waals surface area contributed by atoms with Gasteiger partial charge in [-0.05, 0) is 36.4 Å². The zero-order valence-electron chi connectivity index (χ0n) is 14.5. The van der Waals surface area contributed by atoms with E-state index in [4.69, 9.17) is 0 Å². The second kappa shape index (κ2) is 6.80. The Hall–Kier alpha value is -2.86. The first-order valence-corrected chi connectivity index (χ1v) is 8.96. The van der Waals surface area contributed by atoms with Gasteiger partial charge in [0.2, 0.25) is 0 Å². The van der Waals surface area contributed by atoms with Gasteiger partial charge in [-0.3, -0.25) is 14.5 Å². The molecule has 0 radical (unpaired) electrons. The molecule has 134 valence electrons. The summed E-state index contributed by atoms with van der Waals surface area (Å²) in [5.74, 6) is -0.0700. The molecule has 2 N–H and O–H groups in total. The average molecular weight is 352 g/mol. The van der Waals surface area contributed by atoms with Crippen molar-refractivity contribution < 1.29 is 19.6 Å². The topological polar surface area (TPSA) is 65.3 Å². The molecule has 0 unspecified atom stereocenters. The minimum absolute atomic E-state index is 0.173. The lowest BCUT2D eigenvalue weighted by atomic mass is 10.1. The summed E-state index contributed by atoms with van der Waals surface area (Å²) < 4.78 is 0. The molecule has 0 spiro atoms. The van der Waals surface area contributed by atoms with E-state index in [0.717, 1.165) is 38.4 Å². The van der Waals surface area contributed by atoms with E-state index in [0.29, 0.717) is 17.7 Å². The Bertz CT molecular complexity index is 791. The maximum atomic E-state index is 12.4. The van der Waals surface area contributed by atoms with E-state index in [9.17, 15) is 14.7 Å². The van der Waals surface area contributed by atoms with Gasteiger partial charge in [0.15, 0.2) is 0 Å². The van der Waals surface area contributed by atoms with Gasteiger partial charge in [-0.15, -0.1) is 0 Å². The Morgan fingerprint density at radius 1 is 0.885 bits per heavy atom. The highest BCUT2D eigenvalue weighted by molar-refractivity contribution is 6.21. The number of hydrogen-bond acceptors (Lipinski definition) is 4. The Kier molecular flexibility index (Phi) is 4.34. The average Bonchev–Trinajstić information content (AvgIpc) is 2.92. The van der Waals surface area contributed by atoms with Gasteiger partial charge in [0.1, 0.15) is 5.75 Å². The van der Waals surface area contributed by atoms with Crippen molar-refractivity contribution in [1.82, 2.24) is 4.90 Å². The molecule has 2 aromatic carbocycles. The van der Waals surface area contributed by atoms with E-state index in [2.05, 4.69) is 4.90 Å². The number of amides is 2. The number of phenolic OH excluding ortho intramolecular Hbond substituents is 1. The van der Waals surface area contributed by atoms with E-state index >= 15 is 0 Å². The number of hydrogen-bond donors (Lipinski definition) is 2. The van der Waals surface area contributed by atoms with Crippen molar-refractivity contribution in [2.45, 2.75) is 0 Å². The number of carbonyl (C=O) groups is 2.